The standard InChI is InChI=1S/C14H32N2O/c1-12(2)16(6)10-8-7-9-15-11-13(17)14(3,4)5/h12-13,15,17H,7-11H2,1-6H3. The summed E-state index contributed by atoms with van der Waals surface area (Å²) in [5.74, 6) is 0. The summed E-state index contributed by atoms with van der Waals surface area (Å²) in [7, 11) is 2.17. The lowest BCUT2D eigenvalue weighted by Gasteiger charge is -2.26. The molecule has 0 amide bonds. The van der Waals surface area contributed by atoms with Gasteiger partial charge in [-0.2, -0.15) is 0 Å². The van der Waals surface area contributed by atoms with Crippen molar-refractivity contribution in [1.82, 2.24) is 10.2 Å². The van der Waals surface area contributed by atoms with Crippen LogP contribution in [-0.2, 0) is 0 Å². The molecule has 0 heterocycles. The fraction of sp³-hybridized carbons (Fsp3) is 1.00. The Hall–Kier alpha value is -0.120. The molecule has 0 rings (SSSR count). The zero-order valence-electron chi connectivity index (χ0n) is 12.6. The highest BCUT2D eigenvalue weighted by atomic mass is 16.3. The number of hydrogen-bond acceptors (Lipinski definition) is 3. The summed E-state index contributed by atoms with van der Waals surface area (Å²) < 4.78 is 0. The van der Waals surface area contributed by atoms with Gasteiger partial charge in [0.15, 0.2) is 0 Å². The van der Waals surface area contributed by atoms with Crippen molar-refractivity contribution in [2.24, 2.45) is 5.41 Å². The smallest absolute Gasteiger partial charge is 0.0712 e. The van der Waals surface area contributed by atoms with E-state index >= 15 is 0 Å². The third-order valence-electron chi connectivity index (χ3n) is 3.33. The predicted octanol–water partition coefficient (Wildman–Crippen LogP) is 2.10. The SMILES string of the molecule is CC(C)N(C)CCCCNCC(O)C(C)(C)C. The maximum Gasteiger partial charge on any atom is 0.0712 e. The Morgan fingerprint density at radius 2 is 1.76 bits per heavy atom. The molecule has 0 aliphatic carbocycles. The molecule has 3 heteroatoms. The molecule has 0 aliphatic heterocycles. The second-order valence-corrected chi connectivity index (χ2v) is 6.37. The molecule has 3 nitrogen and oxygen atoms in total. The molecule has 0 fully saturated rings. The minimum atomic E-state index is -0.263. The van der Waals surface area contributed by atoms with Gasteiger partial charge in [-0.15, -0.1) is 0 Å². The molecule has 0 aromatic rings. The number of nitrogens with one attached hydrogen (secondary N) is 1. The zero-order chi connectivity index (χ0) is 13.5. The van der Waals surface area contributed by atoms with E-state index in [9.17, 15) is 5.11 Å². The fourth-order valence-electron chi connectivity index (χ4n) is 1.41. The van der Waals surface area contributed by atoms with Crippen LogP contribution in [0.4, 0.5) is 0 Å². The Bertz CT molecular complexity index is 187. The van der Waals surface area contributed by atoms with Crippen LogP contribution in [0, 0.1) is 5.41 Å². The van der Waals surface area contributed by atoms with E-state index in [1.807, 2.05) is 0 Å². The van der Waals surface area contributed by atoms with Crippen LogP contribution in [0.1, 0.15) is 47.5 Å². The van der Waals surface area contributed by atoms with Gasteiger partial charge in [0.2, 0.25) is 0 Å². The van der Waals surface area contributed by atoms with E-state index in [0.717, 1.165) is 13.1 Å². The maximum absolute atomic E-state index is 9.83. The van der Waals surface area contributed by atoms with Crippen LogP contribution >= 0.6 is 0 Å². The Morgan fingerprint density at radius 1 is 1.18 bits per heavy atom. The Labute approximate surface area is 108 Å². The van der Waals surface area contributed by atoms with Gasteiger partial charge in [0.1, 0.15) is 0 Å². The summed E-state index contributed by atoms with van der Waals surface area (Å²) in [5, 5.41) is 13.2. The normalized spacial score (nSPS) is 14.6. The highest BCUT2D eigenvalue weighted by Gasteiger charge is 2.20. The molecule has 0 aliphatic rings. The van der Waals surface area contributed by atoms with Gasteiger partial charge in [0, 0.05) is 12.6 Å². The van der Waals surface area contributed by atoms with Crippen LogP contribution in [0.15, 0.2) is 0 Å². The largest absolute Gasteiger partial charge is 0.391 e. The van der Waals surface area contributed by atoms with Crippen molar-refractivity contribution in [2.45, 2.75) is 59.6 Å². The molecular weight excluding hydrogens is 212 g/mol. The van der Waals surface area contributed by atoms with Crippen molar-refractivity contribution < 1.29 is 5.11 Å². The van der Waals surface area contributed by atoms with Crippen molar-refractivity contribution in [3.63, 3.8) is 0 Å². The summed E-state index contributed by atoms with van der Waals surface area (Å²) in [6.07, 6.45) is 2.13. The average molecular weight is 244 g/mol. The number of aliphatic hydroxyl groups excluding tert-OH is 1. The third kappa shape index (κ3) is 8.58. The number of nitrogens with zero attached hydrogens (tertiary/aromatic N) is 1. The van der Waals surface area contributed by atoms with Gasteiger partial charge in [0.05, 0.1) is 6.10 Å². The van der Waals surface area contributed by atoms with E-state index in [-0.39, 0.29) is 11.5 Å². The van der Waals surface area contributed by atoms with Crippen molar-refractivity contribution >= 4 is 0 Å². The van der Waals surface area contributed by atoms with Gasteiger partial charge in [0.25, 0.3) is 0 Å². The van der Waals surface area contributed by atoms with Gasteiger partial charge in [-0.25, -0.2) is 0 Å². The molecule has 0 aromatic heterocycles. The van der Waals surface area contributed by atoms with Gasteiger partial charge < -0.3 is 15.3 Å². The fourth-order valence-corrected chi connectivity index (χ4v) is 1.41. The van der Waals surface area contributed by atoms with Gasteiger partial charge >= 0.3 is 0 Å². The number of hydrogen-bond donors (Lipinski definition) is 2. The van der Waals surface area contributed by atoms with Crippen molar-refractivity contribution in [1.29, 1.82) is 0 Å². The summed E-state index contributed by atoms with van der Waals surface area (Å²) in [5.41, 5.74) is -0.0230. The molecule has 0 radical (unpaired) electrons. The molecule has 104 valence electrons. The van der Waals surface area contributed by atoms with Gasteiger partial charge in [-0.1, -0.05) is 20.8 Å². The Kier molecular flexibility index (Phi) is 8.01. The number of aliphatic hydroxyl groups is 1. The minimum absolute atomic E-state index is 0.0230. The Morgan fingerprint density at radius 3 is 2.24 bits per heavy atom. The van der Waals surface area contributed by atoms with Crippen LogP contribution in [0.3, 0.4) is 0 Å². The maximum atomic E-state index is 9.83. The topological polar surface area (TPSA) is 35.5 Å². The first-order chi connectivity index (χ1) is 7.75. The molecule has 0 saturated carbocycles. The van der Waals surface area contributed by atoms with Gasteiger partial charge in [-0.3, -0.25) is 0 Å². The van der Waals surface area contributed by atoms with Crippen molar-refractivity contribution in [2.75, 3.05) is 26.7 Å². The second-order valence-electron chi connectivity index (χ2n) is 6.37. The highest BCUT2D eigenvalue weighted by molar-refractivity contribution is 4.74. The molecule has 0 aromatic carbocycles. The van der Waals surface area contributed by atoms with E-state index in [4.69, 9.17) is 0 Å². The van der Waals surface area contributed by atoms with Crippen molar-refractivity contribution in [3.8, 4) is 0 Å². The van der Waals surface area contributed by atoms with Crippen LogP contribution in [0.5, 0.6) is 0 Å². The number of rotatable bonds is 8. The summed E-state index contributed by atoms with van der Waals surface area (Å²) in [6.45, 7) is 13.5. The van der Waals surface area contributed by atoms with E-state index in [2.05, 4.69) is 51.9 Å². The van der Waals surface area contributed by atoms with Crippen LogP contribution in [0.25, 0.3) is 0 Å². The molecule has 0 bridgehead atoms. The first kappa shape index (κ1) is 16.9. The highest BCUT2D eigenvalue weighted by Crippen LogP contribution is 2.17. The third-order valence-corrected chi connectivity index (χ3v) is 3.33. The van der Waals surface area contributed by atoms with E-state index in [1.54, 1.807) is 0 Å². The summed E-state index contributed by atoms with van der Waals surface area (Å²) in [6, 6.07) is 0.630. The lowest BCUT2D eigenvalue weighted by atomic mass is 9.89. The summed E-state index contributed by atoms with van der Waals surface area (Å²) in [4.78, 5) is 2.37. The molecule has 0 saturated heterocycles. The number of unbranched alkanes of at least 4 members (excludes halogenated alkanes) is 1. The zero-order valence-corrected chi connectivity index (χ0v) is 12.6. The average Bonchev–Trinajstić information content (AvgIpc) is 2.20. The van der Waals surface area contributed by atoms with E-state index < -0.39 is 0 Å². The van der Waals surface area contributed by atoms with Crippen molar-refractivity contribution in [3.05, 3.63) is 0 Å². The molecule has 0 spiro atoms. The van der Waals surface area contributed by atoms with Crippen LogP contribution in [-0.4, -0.2) is 48.8 Å². The molecule has 1 unspecified atom stereocenters. The molecular formula is C14H32N2O. The quantitative estimate of drug-likeness (QED) is 0.642. The molecule has 2 N–H and O–H groups in total. The van der Waals surface area contributed by atoms with Crippen LogP contribution < -0.4 is 5.32 Å². The van der Waals surface area contributed by atoms with Gasteiger partial charge in [-0.05, 0) is 52.2 Å². The van der Waals surface area contributed by atoms with E-state index in [0.29, 0.717) is 12.6 Å². The second kappa shape index (κ2) is 8.06. The summed E-state index contributed by atoms with van der Waals surface area (Å²) >= 11 is 0. The van der Waals surface area contributed by atoms with Crippen LogP contribution in [0.2, 0.25) is 0 Å². The lowest BCUT2D eigenvalue weighted by molar-refractivity contribution is 0.0630. The lowest BCUT2D eigenvalue weighted by Crippen LogP contribution is -2.37. The predicted molar refractivity (Wildman–Crippen MR) is 75.3 cm³/mol. The minimum Gasteiger partial charge on any atom is -0.391 e. The Balaban J connectivity index is 3.42. The monoisotopic (exact) mass is 244 g/mol. The van der Waals surface area contributed by atoms with E-state index in [1.165, 1.54) is 12.8 Å². The first-order valence-corrected chi connectivity index (χ1v) is 6.84. The molecule has 17 heavy (non-hydrogen) atoms. The molecule has 1 atom stereocenters. The first-order valence-electron chi connectivity index (χ1n) is 6.84.